The van der Waals surface area contributed by atoms with E-state index in [1.165, 1.54) is 0 Å². The predicted molar refractivity (Wildman–Crippen MR) is 58.9 cm³/mol. The molecule has 0 atom stereocenters. The molecule has 4 nitrogen and oxygen atoms in total. The number of aromatic nitrogens is 2. The van der Waals surface area contributed by atoms with E-state index >= 15 is 0 Å². The van der Waals surface area contributed by atoms with Gasteiger partial charge in [0.05, 0.1) is 11.2 Å². The second-order valence-electron chi connectivity index (χ2n) is 5.04. The van der Waals surface area contributed by atoms with Crippen molar-refractivity contribution in [3.05, 3.63) is 12.4 Å². The largest absolute Gasteiger partial charge is 0.498 e. The standard InChI is InChI=1S/C10H17BN2O2.Ar/c1-9(2)10(3,4)15-11(14-9)8-6-12-13(5)7-8;/h6-7H,1-5H3;. The van der Waals surface area contributed by atoms with Crippen molar-refractivity contribution in [3.63, 3.8) is 0 Å². The minimum atomic E-state index is -0.302. The number of hydrogen-bond donors (Lipinski definition) is 0. The van der Waals surface area contributed by atoms with E-state index in [-0.39, 0.29) is 56.1 Å². The normalized spacial score (nSPS) is 21.9. The quantitative estimate of drug-likeness (QED) is 0.687. The summed E-state index contributed by atoms with van der Waals surface area (Å²) in [6, 6.07) is 0. The summed E-state index contributed by atoms with van der Waals surface area (Å²) in [4.78, 5) is 0. The van der Waals surface area contributed by atoms with E-state index in [9.17, 15) is 0 Å². The zero-order valence-electron chi connectivity index (χ0n) is 10.3. The number of rotatable bonds is 1. The van der Waals surface area contributed by atoms with Crippen molar-refractivity contribution in [2.75, 3.05) is 0 Å². The van der Waals surface area contributed by atoms with E-state index in [1.807, 2.05) is 40.9 Å². The monoisotopic (exact) mass is 248 g/mol. The van der Waals surface area contributed by atoms with Crippen molar-refractivity contribution < 1.29 is 47.0 Å². The zero-order valence-corrected chi connectivity index (χ0v) is 11.0. The number of aryl methyl sites for hydroxylation is 1. The second kappa shape index (κ2) is 4.61. The molecule has 1 aromatic heterocycles. The minimum Gasteiger partial charge on any atom is -0.399 e. The molecular weight excluding hydrogens is 231 g/mol. The molecule has 0 amide bonds. The van der Waals surface area contributed by atoms with Crippen molar-refractivity contribution in [3.8, 4) is 0 Å². The van der Waals surface area contributed by atoms with E-state index in [0.717, 1.165) is 5.46 Å². The van der Waals surface area contributed by atoms with Crippen LogP contribution in [0.5, 0.6) is 0 Å². The van der Waals surface area contributed by atoms with Crippen LogP contribution in [0.2, 0.25) is 0 Å². The molecule has 16 heavy (non-hydrogen) atoms. The summed E-state index contributed by atoms with van der Waals surface area (Å²) in [5.41, 5.74) is 0.400. The molecule has 1 fully saturated rings. The Hall–Kier alpha value is 0.455. The van der Waals surface area contributed by atoms with Gasteiger partial charge in [-0.05, 0) is 27.7 Å². The van der Waals surface area contributed by atoms with Crippen LogP contribution in [0.25, 0.3) is 0 Å². The van der Waals surface area contributed by atoms with Gasteiger partial charge in [0.15, 0.2) is 0 Å². The van der Waals surface area contributed by atoms with Gasteiger partial charge in [-0.1, -0.05) is 0 Å². The molecule has 0 radical (unpaired) electrons. The summed E-state index contributed by atoms with van der Waals surface area (Å²) in [5.74, 6) is 0. The fourth-order valence-corrected chi connectivity index (χ4v) is 1.54. The van der Waals surface area contributed by atoms with Crippen molar-refractivity contribution in [2.24, 2.45) is 7.05 Å². The Labute approximate surface area is 127 Å². The van der Waals surface area contributed by atoms with Crippen LogP contribution in [0.1, 0.15) is 27.7 Å². The number of hydrogen-bond acceptors (Lipinski definition) is 3. The van der Waals surface area contributed by atoms with E-state index in [2.05, 4.69) is 5.10 Å². The van der Waals surface area contributed by atoms with Crippen LogP contribution in [0, 0.1) is 37.7 Å². The average molecular weight is 248 g/mol. The SMILES string of the molecule is Cn1cc(B2OC(C)(C)C(C)(C)O2)cn1.[Ar]. The maximum absolute atomic E-state index is 5.89. The fourth-order valence-electron chi connectivity index (χ4n) is 1.54. The predicted octanol–water partition coefficient (Wildman–Crippen LogP) is 0.719. The maximum atomic E-state index is 5.89. The smallest absolute Gasteiger partial charge is 0.399 e. The summed E-state index contributed by atoms with van der Waals surface area (Å²) in [6.45, 7) is 8.18. The molecule has 0 bridgehead atoms. The third-order valence-corrected chi connectivity index (χ3v) is 3.25. The first-order valence-corrected chi connectivity index (χ1v) is 5.16. The first kappa shape index (κ1) is 14.5. The van der Waals surface area contributed by atoms with Gasteiger partial charge in [-0.3, -0.25) is 4.68 Å². The van der Waals surface area contributed by atoms with Gasteiger partial charge in [-0.2, -0.15) is 5.10 Å². The molecule has 0 N–H and O–H groups in total. The second-order valence-corrected chi connectivity index (χ2v) is 5.04. The van der Waals surface area contributed by atoms with Gasteiger partial charge in [0.25, 0.3) is 0 Å². The molecule has 2 rings (SSSR count). The Morgan fingerprint density at radius 3 is 2.06 bits per heavy atom. The summed E-state index contributed by atoms with van der Waals surface area (Å²) < 4.78 is 13.5. The van der Waals surface area contributed by atoms with Crippen LogP contribution in [-0.2, 0) is 16.4 Å². The third-order valence-electron chi connectivity index (χ3n) is 3.25. The van der Waals surface area contributed by atoms with Crippen LogP contribution >= 0.6 is 0 Å². The zero-order chi connectivity index (χ0) is 11.3. The fraction of sp³-hybridized carbons (Fsp3) is 0.700. The van der Waals surface area contributed by atoms with Crippen molar-refractivity contribution in [2.45, 2.75) is 38.9 Å². The van der Waals surface area contributed by atoms with Gasteiger partial charge in [0.1, 0.15) is 0 Å². The summed E-state index contributed by atoms with van der Waals surface area (Å²) in [7, 11) is 1.58. The Morgan fingerprint density at radius 1 is 1.19 bits per heavy atom. The molecule has 1 aliphatic heterocycles. The summed E-state index contributed by atoms with van der Waals surface area (Å²) in [6.07, 6.45) is 3.70. The Balaban J connectivity index is 0.00000128. The number of nitrogens with zero attached hydrogens (tertiary/aromatic N) is 2. The van der Waals surface area contributed by atoms with Gasteiger partial charge < -0.3 is 9.31 Å². The van der Waals surface area contributed by atoms with Crippen LogP contribution < -0.4 is 5.46 Å². The summed E-state index contributed by atoms with van der Waals surface area (Å²) in [5, 5.41) is 4.11. The van der Waals surface area contributed by atoms with Gasteiger partial charge in [0, 0.05) is 62.6 Å². The molecule has 0 saturated carbocycles. The molecule has 0 unspecified atom stereocenters. The molecule has 1 aliphatic rings. The van der Waals surface area contributed by atoms with Gasteiger partial charge in [0.2, 0.25) is 0 Å². The van der Waals surface area contributed by atoms with E-state index in [0.29, 0.717) is 0 Å². The molecule has 0 spiro atoms. The molecule has 1 saturated heterocycles. The van der Waals surface area contributed by atoms with Crippen molar-refractivity contribution >= 4 is 12.6 Å². The van der Waals surface area contributed by atoms with Gasteiger partial charge >= 0.3 is 7.12 Å². The maximum Gasteiger partial charge on any atom is 0.498 e. The molecule has 6 heteroatoms. The van der Waals surface area contributed by atoms with Crippen molar-refractivity contribution in [1.29, 1.82) is 0 Å². The van der Waals surface area contributed by atoms with E-state index < -0.39 is 0 Å². The Bertz CT molecular complexity index is 363. The van der Waals surface area contributed by atoms with E-state index in [4.69, 9.17) is 9.31 Å². The third kappa shape index (κ3) is 2.48. The van der Waals surface area contributed by atoms with Crippen LogP contribution in [0.3, 0.4) is 0 Å². The molecule has 0 aliphatic carbocycles. The molecule has 90 valence electrons. The molecular formula is C10H17ArBN2O2. The Morgan fingerprint density at radius 2 is 1.69 bits per heavy atom. The first-order valence-electron chi connectivity index (χ1n) is 5.16. The Kier molecular flexibility index (Phi) is 4.19. The van der Waals surface area contributed by atoms with Crippen molar-refractivity contribution in [1.82, 2.24) is 9.78 Å². The van der Waals surface area contributed by atoms with Gasteiger partial charge in [-0.15, -0.1) is 0 Å². The molecule has 0 aromatic carbocycles. The minimum absolute atomic E-state index is 0. The van der Waals surface area contributed by atoms with Crippen LogP contribution in [0.4, 0.5) is 0 Å². The van der Waals surface area contributed by atoms with Crippen LogP contribution in [-0.4, -0.2) is 28.1 Å². The first-order chi connectivity index (χ1) is 6.82. The van der Waals surface area contributed by atoms with Crippen LogP contribution in [0.15, 0.2) is 12.4 Å². The van der Waals surface area contributed by atoms with E-state index in [1.54, 1.807) is 10.9 Å². The van der Waals surface area contributed by atoms with Gasteiger partial charge in [-0.25, -0.2) is 0 Å². The molecule has 1 aromatic rings. The topological polar surface area (TPSA) is 36.3 Å². The summed E-state index contributed by atoms with van der Waals surface area (Å²) >= 11 is 0. The average Bonchev–Trinajstić information content (AvgIpc) is 2.56. The molecule has 2 heterocycles.